The van der Waals surface area contributed by atoms with Crippen LogP contribution in [0.25, 0.3) is 0 Å². The van der Waals surface area contributed by atoms with E-state index in [1.54, 1.807) is 6.92 Å². The van der Waals surface area contributed by atoms with Crippen LogP contribution in [0, 0.1) is 0 Å². The van der Waals surface area contributed by atoms with Crippen molar-refractivity contribution >= 4 is 11.9 Å². The number of nitrogens with one attached hydrogen (secondary N) is 1. The molecule has 0 aliphatic carbocycles. The van der Waals surface area contributed by atoms with Gasteiger partial charge in [0.05, 0.1) is 6.61 Å². The molecule has 22 heavy (non-hydrogen) atoms. The van der Waals surface area contributed by atoms with Crippen LogP contribution in [-0.2, 0) is 10.3 Å². The molecule has 2 rings (SSSR count). The van der Waals surface area contributed by atoms with Gasteiger partial charge in [-0.15, -0.1) is 0 Å². The van der Waals surface area contributed by atoms with Gasteiger partial charge in [-0.3, -0.25) is 9.69 Å². The molecule has 6 nitrogen and oxygen atoms in total. The van der Waals surface area contributed by atoms with E-state index in [0.717, 1.165) is 11.3 Å². The van der Waals surface area contributed by atoms with Crippen molar-refractivity contribution in [2.45, 2.75) is 19.4 Å². The number of hydrogen-bond acceptors (Lipinski definition) is 4. The van der Waals surface area contributed by atoms with Crippen LogP contribution in [-0.4, -0.2) is 55.5 Å². The summed E-state index contributed by atoms with van der Waals surface area (Å²) < 4.78 is 5.40. The SMILES string of the molecule is CCOc1ccc([C@@]2(C)NC(=O)N(CCN(C)C)C2=O)cc1. The fraction of sp³-hybridized carbons (Fsp3) is 0.500. The molecule has 0 bridgehead atoms. The average molecular weight is 305 g/mol. The lowest BCUT2D eigenvalue weighted by Gasteiger charge is -2.23. The molecule has 0 saturated carbocycles. The maximum Gasteiger partial charge on any atom is 0.325 e. The van der Waals surface area contributed by atoms with Crippen LogP contribution in [0.4, 0.5) is 4.79 Å². The summed E-state index contributed by atoms with van der Waals surface area (Å²) in [6.07, 6.45) is 0. The van der Waals surface area contributed by atoms with E-state index in [4.69, 9.17) is 4.74 Å². The van der Waals surface area contributed by atoms with Gasteiger partial charge in [0.1, 0.15) is 11.3 Å². The third kappa shape index (κ3) is 3.06. The number of benzene rings is 1. The molecular weight excluding hydrogens is 282 g/mol. The number of likely N-dealkylation sites (N-methyl/N-ethyl adjacent to an activating group) is 1. The van der Waals surface area contributed by atoms with Crippen molar-refractivity contribution in [2.75, 3.05) is 33.8 Å². The number of amides is 3. The number of nitrogens with zero attached hydrogens (tertiary/aromatic N) is 2. The minimum Gasteiger partial charge on any atom is -0.494 e. The van der Waals surface area contributed by atoms with Gasteiger partial charge in [0.2, 0.25) is 0 Å². The molecule has 1 heterocycles. The van der Waals surface area contributed by atoms with E-state index < -0.39 is 5.54 Å². The number of hydrogen-bond donors (Lipinski definition) is 1. The van der Waals surface area contributed by atoms with Gasteiger partial charge in [0.25, 0.3) is 5.91 Å². The second-order valence-electron chi connectivity index (χ2n) is 5.77. The van der Waals surface area contributed by atoms with Crippen molar-refractivity contribution in [3.05, 3.63) is 29.8 Å². The van der Waals surface area contributed by atoms with Crippen molar-refractivity contribution in [2.24, 2.45) is 0 Å². The number of ether oxygens (including phenoxy) is 1. The molecule has 1 saturated heterocycles. The number of carbonyl (C=O) groups excluding carboxylic acids is 2. The highest BCUT2D eigenvalue weighted by molar-refractivity contribution is 6.07. The topological polar surface area (TPSA) is 61.9 Å². The van der Waals surface area contributed by atoms with Crippen molar-refractivity contribution in [3.63, 3.8) is 0 Å². The van der Waals surface area contributed by atoms with Crippen molar-refractivity contribution < 1.29 is 14.3 Å². The van der Waals surface area contributed by atoms with Gasteiger partial charge < -0.3 is 15.0 Å². The molecule has 1 N–H and O–H groups in total. The van der Waals surface area contributed by atoms with E-state index in [-0.39, 0.29) is 11.9 Å². The standard InChI is InChI=1S/C16H23N3O3/c1-5-22-13-8-6-12(7-9-13)16(2)14(20)19(15(21)17-16)11-10-18(3)4/h6-9H,5,10-11H2,1-4H3,(H,17,21)/t16-/m1/s1. The van der Waals surface area contributed by atoms with E-state index in [1.165, 1.54) is 4.90 Å². The zero-order valence-corrected chi connectivity index (χ0v) is 13.5. The van der Waals surface area contributed by atoms with Gasteiger partial charge in [0.15, 0.2) is 0 Å². The van der Waals surface area contributed by atoms with E-state index in [9.17, 15) is 9.59 Å². The lowest BCUT2D eigenvalue weighted by Crippen LogP contribution is -2.41. The third-order valence-electron chi connectivity index (χ3n) is 3.79. The quantitative estimate of drug-likeness (QED) is 0.807. The van der Waals surface area contributed by atoms with E-state index >= 15 is 0 Å². The van der Waals surface area contributed by atoms with E-state index in [2.05, 4.69) is 5.32 Å². The highest BCUT2D eigenvalue weighted by atomic mass is 16.5. The summed E-state index contributed by atoms with van der Waals surface area (Å²) in [6, 6.07) is 6.91. The first-order valence-corrected chi connectivity index (χ1v) is 7.40. The van der Waals surface area contributed by atoms with Crippen LogP contribution in [0.5, 0.6) is 5.75 Å². The van der Waals surface area contributed by atoms with Gasteiger partial charge in [-0.1, -0.05) is 12.1 Å². The highest BCUT2D eigenvalue weighted by Crippen LogP contribution is 2.29. The molecule has 6 heteroatoms. The van der Waals surface area contributed by atoms with Crippen LogP contribution in [0.15, 0.2) is 24.3 Å². The minimum atomic E-state index is -1.02. The Morgan fingerprint density at radius 1 is 1.23 bits per heavy atom. The third-order valence-corrected chi connectivity index (χ3v) is 3.79. The summed E-state index contributed by atoms with van der Waals surface area (Å²) in [5, 5.41) is 2.80. The molecule has 1 aromatic carbocycles. The Bertz CT molecular complexity index is 556. The normalized spacial score (nSPS) is 21.4. The number of imide groups is 1. The smallest absolute Gasteiger partial charge is 0.325 e. The van der Waals surface area contributed by atoms with Crippen molar-refractivity contribution in [1.82, 2.24) is 15.1 Å². The summed E-state index contributed by atoms with van der Waals surface area (Å²) >= 11 is 0. The second-order valence-corrected chi connectivity index (χ2v) is 5.77. The molecule has 1 aromatic rings. The van der Waals surface area contributed by atoms with Gasteiger partial charge >= 0.3 is 6.03 Å². The Balaban J connectivity index is 2.19. The Labute approximate surface area is 131 Å². The maximum absolute atomic E-state index is 12.7. The minimum absolute atomic E-state index is 0.219. The van der Waals surface area contributed by atoms with Crippen LogP contribution in [0.1, 0.15) is 19.4 Å². The molecule has 1 aliphatic heterocycles. The van der Waals surface area contributed by atoms with Crippen LogP contribution in [0.2, 0.25) is 0 Å². The molecule has 1 aliphatic rings. The average Bonchev–Trinajstić information content (AvgIpc) is 2.69. The zero-order chi connectivity index (χ0) is 16.3. The van der Waals surface area contributed by atoms with Crippen molar-refractivity contribution in [1.29, 1.82) is 0 Å². The first kappa shape index (κ1) is 16.3. The Kier molecular flexibility index (Phi) is 4.71. The number of urea groups is 1. The van der Waals surface area contributed by atoms with Gasteiger partial charge in [-0.2, -0.15) is 0 Å². The van der Waals surface area contributed by atoms with Gasteiger partial charge in [-0.25, -0.2) is 4.79 Å². The molecule has 1 fully saturated rings. The Morgan fingerprint density at radius 2 is 1.86 bits per heavy atom. The predicted octanol–water partition coefficient (Wildman–Crippen LogP) is 1.41. The summed E-state index contributed by atoms with van der Waals surface area (Å²) in [6.45, 7) is 5.25. The van der Waals surface area contributed by atoms with Crippen LogP contribution in [0.3, 0.4) is 0 Å². The maximum atomic E-state index is 12.7. The van der Waals surface area contributed by atoms with Crippen LogP contribution >= 0.6 is 0 Å². The molecule has 0 radical (unpaired) electrons. The summed E-state index contributed by atoms with van der Waals surface area (Å²) in [7, 11) is 3.81. The molecular formula is C16H23N3O3. The largest absolute Gasteiger partial charge is 0.494 e. The predicted molar refractivity (Wildman–Crippen MR) is 83.8 cm³/mol. The molecule has 1 atom stereocenters. The number of carbonyl (C=O) groups is 2. The summed E-state index contributed by atoms with van der Waals surface area (Å²) in [5.74, 6) is 0.527. The molecule has 0 spiro atoms. The van der Waals surface area contributed by atoms with Gasteiger partial charge in [-0.05, 0) is 45.6 Å². The molecule has 120 valence electrons. The van der Waals surface area contributed by atoms with E-state index in [0.29, 0.717) is 19.7 Å². The fourth-order valence-corrected chi connectivity index (χ4v) is 2.45. The molecule has 0 aromatic heterocycles. The lowest BCUT2D eigenvalue weighted by molar-refractivity contribution is -0.131. The fourth-order valence-electron chi connectivity index (χ4n) is 2.45. The Morgan fingerprint density at radius 3 is 2.41 bits per heavy atom. The highest BCUT2D eigenvalue weighted by Gasteiger charge is 2.48. The first-order valence-electron chi connectivity index (χ1n) is 7.40. The van der Waals surface area contributed by atoms with Crippen molar-refractivity contribution in [3.8, 4) is 5.75 Å². The van der Waals surface area contributed by atoms with E-state index in [1.807, 2.05) is 50.2 Å². The lowest BCUT2D eigenvalue weighted by atomic mass is 9.92. The Hall–Kier alpha value is -2.08. The summed E-state index contributed by atoms with van der Waals surface area (Å²) in [4.78, 5) is 28.0. The zero-order valence-electron chi connectivity index (χ0n) is 13.5. The van der Waals surface area contributed by atoms with Crippen LogP contribution < -0.4 is 10.1 Å². The first-order chi connectivity index (χ1) is 10.4. The van der Waals surface area contributed by atoms with Gasteiger partial charge in [0, 0.05) is 13.1 Å². The molecule has 3 amide bonds. The summed E-state index contributed by atoms with van der Waals surface area (Å²) in [5.41, 5.74) is -0.268. The molecule has 0 unspecified atom stereocenters. The number of rotatable bonds is 6. The monoisotopic (exact) mass is 305 g/mol. The second kappa shape index (κ2) is 6.36.